The Kier molecular flexibility index (Phi) is 7.97. The minimum atomic E-state index is -1.40. The van der Waals surface area contributed by atoms with Gasteiger partial charge >= 0.3 is 0 Å². The molecule has 1 aromatic rings. The fourth-order valence-corrected chi connectivity index (χ4v) is 2.27. The summed E-state index contributed by atoms with van der Waals surface area (Å²) < 4.78 is 12.9. The standard InChI is InChI=1S/C16H19FN2O4S/c1-10(20)18-14(9-11-3-5-12(17)6-4-11)15(21)19-13(16(22)23)7-8-24-2/h3-6,9,13H,7-8H2,1-2H3,(H,18,20)(H,19,21)(H,22,23)/p-1/b14-9+/t13-/m1/s1. The quantitative estimate of drug-likeness (QED) is 0.655. The van der Waals surface area contributed by atoms with Crippen molar-refractivity contribution in [2.75, 3.05) is 12.0 Å². The van der Waals surface area contributed by atoms with Crippen LogP contribution in [0.2, 0.25) is 0 Å². The number of benzene rings is 1. The van der Waals surface area contributed by atoms with Crippen LogP contribution in [0.25, 0.3) is 6.08 Å². The second-order valence-electron chi connectivity index (χ2n) is 4.92. The van der Waals surface area contributed by atoms with Gasteiger partial charge in [-0.15, -0.1) is 0 Å². The molecule has 0 saturated heterocycles. The van der Waals surface area contributed by atoms with E-state index in [9.17, 15) is 23.9 Å². The normalized spacial score (nSPS) is 12.4. The Morgan fingerprint density at radius 3 is 2.42 bits per heavy atom. The van der Waals surface area contributed by atoms with Crippen LogP contribution in [0, 0.1) is 5.82 Å². The Morgan fingerprint density at radius 2 is 1.92 bits per heavy atom. The van der Waals surface area contributed by atoms with E-state index in [0.29, 0.717) is 11.3 Å². The molecular formula is C16H18FN2O4S-. The lowest BCUT2D eigenvalue weighted by Gasteiger charge is -2.20. The Balaban J connectivity index is 2.97. The van der Waals surface area contributed by atoms with Gasteiger partial charge in [-0.25, -0.2) is 4.39 Å². The number of halogens is 1. The van der Waals surface area contributed by atoms with Crippen molar-refractivity contribution in [1.29, 1.82) is 0 Å². The van der Waals surface area contributed by atoms with Crippen molar-refractivity contribution in [1.82, 2.24) is 10.6 Å². The average molecular weight is 353 g/mol. The maximum atomic E-state index is 12.9. The minimum absolute atomic E-state index is 0.135. The van der Waals surface area contributed by atoms with Crippen LogP contribution in [0.15, 0.2) is 30.0 Å². The number of amides is 2. The van der Waals surface area contributed by atoms with Crippen LogP contribution in [-0.2, 0) is 14.4 Å². The lowest BCUT2D eigenvalue weighted by molar-refractivity contribution is -0.308. The van der Waals surface area contributed by atoms with Gasteiger partial charge in [-0.05, 0) is 42.2 Å². The summed E-state index contributed by atoms with van der Waals surface area (Å²) in [5, 5.41) is 15.8. The molecule has 0 aromatic heterocycles. The Labute approximate surface area is 143 Å². The summed E-state index contributed by atoms with van der Waals surface area (Å²) in [4.78, 5) is 34.6. The summed E-state index contributed by atoms with van der Waals surface area (Å²) in [5.74, 6) is -2.57. The highest BCUT2D eigenvalue weighted by Crippen LogP contribution is 2.08. The van der Waals surface area contributed by atoms with Crippen LogP contribution in [0.1, 0.15) is 18.9 Å². The van der Waals surface area contributed by atoms with Crippen molar-refractivity contribution in [3.05, 3.63) is 41.3 Å². The first-order valence-electron chi connectivity index (χ1n) is 7.09. The summed E-state index contributed by atoms with van der Waals surface area (Å²) in [7, 11) is 0. The molecule has 8 heteroatoms. The summed E-state index contributed by atoms with van der Waals surface area (Å²) in [6.45, 7) is 1.22. The third-order valence-corrected chi connectivity index (χ3v) is 3.58. The molecule has 0 aliphatic rings. The fourth-order valence-electron chi connectivity index (χ4n) is 1.79. The zero-order valence-corrected chi connectivity index (χ0v) is 14.1. The molecule has 0 unspecified atom stereocenters. The van der Waals surface area contributed by atoms with Gasteiger partial charge in [0.2, 0.25) is 5.91 Å². The van der Waals surface area contributed by atoms with E-state index in [2.05, 4.69) is 10.6 Å². The van der Waals surface area contributed by atoms with Crippen molar-refractivity contribution in [2.24, 2.45) is 0 Å². The second kappa shape index (κ2) is 9.71. The van der Waals surface area contributed by atoms with Gasteiger partial charge < -0.3 is 20.5 Å². The molecule has 1 atom stereocenters. The summed E-state index contributed by atoms with van der Waals surface area (Å²) in [5.41, 5.74) is 0.342. The number of hydrogen-bond donors (Lipinski definition) is 2. The van der Waals surface area contributed by atoms with Crippen LogP contribution in [-0.4, -0.2) is 35.8 Å². The van der Waals surface area contributed by atoms with Crippen LogP contribution in [0.3, 0.4) is 0 Å². The first-order chi connectivity index (χ1) is 11.3. The highest BCUT2D eigenvalue weighted by atomic mass is 32.2. The number of carbonyl (C=O) groups excluding carboxylic acids is 3. The number of carboxylic acid groups (broad SMARTS) is 1. The van der Waals surface area contributed by atoms with E-state index in [1.807, 2.05) is 6.26 Å². The van der Waals surface area contributed by atoms with E-state index in [0.717, 1.165) is 0 Å². The van der Waals surface area contributed by atoms with Crippen molar-refractivity contribution in [3.63, 3.8) is 0 Å². The first kappa shape index (κ1) is 19.7. The number of carboxylic acids is 1. The maximum absolute atomic E-state index is 12.9. The van der Waals surface area contributed by atoms with E-state index in [1.165, 1.54) is 49.0 Å². The molecule has 6 nitrogen and oxygen atoms in total. The smallest absolute Gasteiger partial charge is 0.268 e. The van der Waals surface area contributed by atoms with Crippen LogP contribution in [0.4, 0.5) is 4.39 Å². The van der Waals surface area contributed by atoms with Crippen LogP contribution < -0.4 is 15.7 Å². The number of rotatable bonds is 8. The zero-order valence-electron chi connectivity index (χ0n) is 13.3. The molecule has 2 amide bonds. The Bertz CT molecular complexity index is 631. The van der Waals surface area contributed by atoms with E-state index in [-0.39, 0.29) is 12.1 Å². The molecule has 2 N–H and O–H groups in total. The van der Waals surface area contributed by atoms with Crippen molar-refractivity contribution < 1.29 is 23.9 Å². The number of carbonyl (C=O) groups is 3. The molecule has 1 aromatic carbocycles. The van der Waals surface area contributed by atoms with E-state index >= 15 is 0 Å². The molecule has 0 spiro atoms. The molecule has 0 bridgehead atoms. The highest BCUT2D eigenvalue weighted by molar-refractivity contribution is 7.98. The predicted octanol–water partition coefficient (Wildman–Crippen LogP) is 0.290. The third-order valence-electron chi connectivity index (χ3n) is 2.94. The van der Waals surface area contributed by atoms with Gasteiger partial charge in [0, 0.05) is 6.92 Å². The van der Waals surface area contributed by atoms with E-state index in [1.54, 1.807) is 0 Å². The van der Waals surface area contributed by atoms with Gasteiger partial charge in [-0.2, -0.15) is 11.8 Å². The van der Waals surface area contributed by atoms with Gasteiger partial charge in [0.05, 0.1) is 12.0 Å². The predicted molar refractivity (Wildman–Crippen MR) is 88.1 cm³/mol. The lowest BCUT2D eigenvalue weighted by atomic mass is 10.1. The molecular weight excluding hydrogens is 335 g/mol. The van der Waals surface area contributed by atoms with Crippen molar-refractivity contribution >= 4 is 35.6 Å². The van der Waals surface area contributed by atoms with Crippen molar-refractivity contribution in [3.8, 4) is 0 Å². The van der Waals surface area contributed by atoms with E-state index < -0.39 is 29.6 Å². The average Bonchev–Trinajstić information content (AvgIpc) is 2.52. The monoisotopic (exact) mass is 353 g/mol. The number of aliphatic carboxylic acids is 1. The molecule has 0 aliphatic heterocycles. The van der Waals surface area contributed by atoms with Gasteiger partial charge in [-0.1, -0.05) is 12.1 Å². The molecule has 0 heterocycles. The topological polar surface area (TPSA) is 98.3 Å². The Morgan fingerprint density at radius 1 is 1.29 bits per heavy atom. The third kappa shape index (κ3) is 6.82. The molecule has 24 heavy (non-hydrogen) atoms. The molecule has 0 fully saturated rings. The summed E-state index contributed by atoms with van der Waals surface area (Å²) in [6.07, 6.45) is 3.33. The Hall–Kier alpha value is -2.35. The van der Waals surface area contributed by atoms with Gasteiger partial charge in [-0.3, -0.25) is 9.59 Å². The lowest BCUT2D eigenvalue weighted by Crippen LogP contribution is -2.49. The van der Waals surface area contributed by atoms with Crippen LogP contribution >= 0.6 is 11.8 Å². The summed E-state index contributed by atoms with van der Waals surface area (Å²) in [6, 6.07) is 4.09. The molecule has 0 aliphatic carbocycles. The molecule has 1 rings (SSSR count). The van der Waals surface area contributed by atoms with Gasteiger partial charge in [0.25, 0.3) is 5.91 Å². The molecule has 130 valence electrons. The number of nitrogens with one attached hydrogen (secondary N) is 2. The summed E-state index contributed by atoms with van der Waals surface area (Å²) >= 11 is 1.44. The number of thioether (sulfide) groups is 1. The molecule has 0 radical (unpaired) electrons. The van der Waals surface area contributed by atoms with Crippen molar-refractivity contribution in [2.45, 2.75) is 19.4 Å². The fraction of sp³-hybridized carbons (Fsp3) is 0.312. The number of hydrogen-bond acceptors (Lipinski definition) is 5. The van der Waals surface area contributed by atoms with Crippen LogP contribution in [0.5, 0.6) is 0 Å². The largest absolute Gasteiger partial charge is 0.548 e. The zero-order chi connectivity index (χ0) is 18.1. The molecule has 0 saturated carbocycles. The van der Waals surface area contributed by atoms with Gasteiger partial charge in [0.15, 0.2) is 0 Å². The first-order valence-corrected chi connectivity index (χ1v) is 8.48. The highest BCUT2D eigenvalue weighted by Gasteiger charge is 2.17. The maximum Gasteiger partial charge on any atom is 0.268 e. The minimum Gasteiger partial charge on any atom is -0.548 e. The SMILES string of the molecule is CSCC[C@@H](NC(=O)/C(=C\c1ccc(F)cc1)NC(C)=O)C(=O)[O-]. The second-order valence-corrected chi connectivity index (χ2v) is 5.90. The van der Waals surface area contributed by atoms with E-state index in [4.69, 9.17) is 0 Å². The van der Waals surface area contributed by atoms with Gasteiger partial charge in [0.1, 0.15) is 11.5 Å².